The highest BCUT2D eigenvalue weighted by molar-refractivity contribution is 6.06. The summed E-state index contributed by atoms with van der Waals surface area (Å²) in [5, 5.41) is 13.3. The summed E-state index contributed by atoms with van der Waals surface area (Å²) in [6, 6.07) is 18.6. The Balaban J connectivity index is 2.23. The number of carbonyl (C=O) groups is 1. The summed E-state index contributed by atoms with van der Waals surface area (Å²) in [7, 11) is 0. The van der Waals surface area contributed by atoms with Crippen LogP contribution in [-0.2, 0) is 4.79 Å². The van der Waals surface area contributed by atoms with Gasteiger partial charge in [0.05, 0.1) is 0 Å². The van der Waals surface area contributed by atoms with Gasteiger partial charge in [-0.1, -0.05) is 66.8 Å². The minimum atomic E-state index is -0.942. The molecule has 0 unspecified atom stereocenters. The van der Waals surface area contributed by atoms with E-state index in [1.807, 2.05) is 30.3 Å². The van der Waals surface area contributed by atoms with Crippen molar-refractivity contribution in [1.82, 2.24) is 0 Å². The second kappa shape index (κ2) is 5.63. The lowest BCUT2D eigenvalue weighted by Gasteiger charge is -2.07. The molecule has 3 rings (SSSR count). The van der Waals surface area contributed by atoms with E-state index in [1.165, 1.54) is 10.8 Å². The molecular weight excluding hydrogens is 260 g/mol. The van der Waals surface area contributed by atoms with Crippen LogP contribution in [-0.4, -0.2) is 11.1 Å². The van der Waals surface area contributed by atoms with Crippen LogP contribution in [0.3, 0.4) is 0 Å². The predicted molar refractivity (Wildman–Crippen MR) is 87.3 cm³/mol. The van der Waals surface area contributed by atoms with Gasteiger partial charge in [-0.05, 0) is 33.2 Å². The van der Waals surface area contributed by atoms with Gasteiger partial charge in [-0.25, -0.2) is 4.79 Å². The summed E-state index contributed by atoms with van der Waals surface area (Å²) >= 11 is 0. The molecule has 0 atom stereocenters. The summed E-state index contributed by atoms with van der Waals surface area (Å²) in [6.45, 7) is 0. The molecule has 3 aromatic rings. The van der Waals surface area contributed by atoms with Crippen molar-refractivity contribution >= 4 is 33.6 Å². The van der Waals surface area contributed by atoms with Crippen LogP contribution < -0.4 is 0 Å². The zero-order valence-corrected chi connectivity index (χ0v) is 11.4. The minimum Gasteiger partial charge on any atom is -0.478 e. The number of fused-ring (bicyclic) bond motifs is 2. The molecule has 3 aromatic carbocycles. The van der Waals surface area contributed by atoms with Crippen molar-refractivity contribution in [2.75, 3.05) is 0 Å². The van der Waals surface area contributed by atoms with Crippen molar-refractivity contribution in [2.24, 2.45) is 0 Å². The number of aliphatic carboxylic acids is 1. The number of carboxylic acid groups (broad SMARTS) is 1. The van der Waals surface area contributed by atoms with Crippen LogP contribution in [0.1, 0.15) is 5.56 Å². The van der Waals surface area contributed by atoms with Crippen LogP contribution in [0.15, 0.2) is 72.8 Å². The number of allylic oxidation sites excluding steroid dienone is 2. The van der Waals surface area contributed by atoms with E-state index < -0.39 is 5.97 Å². The van der Waals surface area contributed by atoms with Crippen LogP contribution >= 0.6 is 0 Å². The van der Waals surface area contributed by atoms with Gasteiger partial charge in [0.15, 0.2) is 0 Å². The summed E-state index contributed by atoms with van der Waals surface area (Å²) in [6.07, 6.45) is 6.40. The number of rotatable bonds is 3. The predicted octanol–water partition coefficient (Wildman–Crippen LogP) is 4.65. The van der Waals surface area contributed by atoms with E-state index in [4.69, 9.17) is 5.11 Å². The zero-order chi connectivity index (χ0) is 14.7. The minimum absolute atomic E-state index is 0.942. The van der Waals surface area contributed by atoms with Crippen molar-refractivity contribution < 1.29 is 9.90 Å². The standard InChI is InChI=1S/C19H14O2/c20-19(21)12-6-5-11-18-16-9-3-1-7-14(16)13-15-8-2-4-10-17(15)18/h1-13H,(H,20,21)/b11-5+,12-6+. The quantitative estimate of drug-likeness (QED) is 0.429. The second-order valence-corrected chi connectivity index (χ2v) is 4.79. The Kier molecular flexibility index (Phi) is 3.52. The largest absolute Gasteiger partial charge is 0.478 e. The smallest absolute Gasteiger partial charge is 0.328 e. The van der Waals surface area contributed by atoms with Gasteiger partial charge in [0.2, 0.25) is 0 Å². The van der Waals surface area contributed by atoms with Crippen LogP contribution in [0.5, 0.6) is 0 Å². The first-order valence-electron chi connectivity index (χ1n) is 6.74. The first kappa shape index (κ1) is 13.1. The fraction of sp³-hybridized carbons (Fsp3) is 0. The van der Waals surface area contributed by atoms with E-state index >= 15 is 0 Å². The maximum Gasteiger partial charge on any atom is 0.328 e. The number of hydrogen-bond acceptors (Lipinski definition) is 1. The highest BCUT2D eigenvalue weighted by Gasteiger charge is 2.03. The maximum atomic E-state index is 10.5. The van der Waals surface area contributed by atoms with Crippen molar-refractivity contribution in [3.63, 3.8) is 0 Å². The number of benzene rings is 3. The Morgan fingerprint density at radius 2 is 1.43 bits per heavy atom. The lowest BCUT2D eigenvalue weighted by atomic mass is 9.96. The van der Waals surface area contributed by atoms with Crippen molar-refractivity contribution in [2.45, 2.75) is 0 Å². The highest BCUT2D eigenvalue weighted by atomic mass is 16.4. The Morgan fingerprint density at radius 3 is 2.00 bits per heavy atom. The van der Waals surface area contributed by atoms with Gasteiger partial charge in [-0.15, -0.1) is 0 Å². The molecule has 0 fully saturated rings. The Labute approximate surface area is 122 Å². The number of carboxylic acids is 1. The summed E-state index contributed by atoms with van der Waals surface area (Å²) in [4.78, 5) is 10.5. The molecule has 0 spiro atoms. The van der Waals surface area contributed by atoms with Gasteiger partial charge in [-0.3, -0.25) is 0 Å². The van der Waals surface area contributed by atoms with Gasteiger partial charge >= 0.3 is 5.97 Å². The van der Waals surface area contributed by atoms with Crippen molar-refractivity contribution in [3.8, 4) is 0 Å². The molecule has 0 bridgehead atoms. The summed E-state index contributed by atoms with van der Waals surface area (Å²) in [5.41, 5.74) is 1.11. The van der Waals surface area contributed by atoms with E-state index in [-0.39, 0.29) is 0 Å². The first-order chi connectivity index (χ1) is 10.3. The molecule has 102 valence electrons. The third kappa shape index (κ3) is 2.70. The molecular formula is C19H14O2. The highest BCUT2D eigenvalue weighted by Crippen LogP contribution is 2.29. The van der Waals surface area contributed by atoms with Gasteiger partial charge in [0.1, 0.15) is 0 Å². The van der Waals surface area contributed by atoms with Crippen LogP contribution in [0.25, 0.3) is 27.6 Å². The lowest BCUT2D eigenvalue weighted by molar-refractivity contribution is -0.131. The van der Waals surface area contributed by atoms with E-state index in [9.17, 15) is 4.79 Å². The molecule has 0 aliphatic carbocycles. The SMILES string of the molecule is O=C(O)/C=C/C=C/c1c2ccccc2cc2ccccc12. The van der Waals surface area contributed by atoms with Crippen molar-refractivity contribution in [3.05, 3.63) is 78.4 Å². The molecule has 0 saturated heterocycles. The van der Waals surface area contributed by atoms with E-state index in [0.29, 0.717) is 0 Å². The van der Waals surface area contributed by atoms with E-state index in [2.05, 4.69) is 30.3 Å². The van der Waals surface area contributed by atoms with Crippen LogP contribution in [0.2, 0.25) is 0 Å². The molecule has 1 N–H and O–H groups in total. The Bertz CT molecular complexity index is 819. The maximum absolute atomic E-state index is 10.5. The van der Waals surface area contributed by atoms with E-state index in [1.54, 1.807) is 12.2 Å². The Morgan fingerprint density at radius 1 is 0.857 bits per heavy atom. The number of hydrogen-bond donors (Lipinski definition) is 1. The average molecular weight is 274 g/mol. The van der Waals surface area contributed by atoms with Crippen LogP contribution in [0.4, 0.5) is 0 Å². The first-order valence-corrected chi connectivity index (χ1v) is 6.74. The summed E-state index contributed by atoms with van der Waals surface area (Å²) in [5.74, 6) is -0.942. The molecule has 2 heteroatoms. The second-order valence-electron chi connectivity index (χ2n) is 4.79. The van der Waals surface area contributed by atoms with Gasteiger partial charge in [0.25, 0.3) is 0 Å². The molecule has 0 saturated carbocycles. The monoisotopic (exact) mass is 274 g/mol. The van der Waals surface area contributed by atoms with Crippen molar-refractivity contribution in [1.29, 1.82) is 0 Å². The zero-order valence-electron chi connectivity index (χ0n) is 11.4. The topological polar surface area (TPSA) is 37.3 Å². The molecule has 0 aliphatic heterocycles. The summed E-state index contributed by atoms with van der Waals surface area (Å²) < 4.78 is 0. The van der Waals surface area contributed by atoms with Gasteiger partial charge in [0, 0.05) is 6.08 Å². The normalized spacial score (nSPS) is 11.8. The third-order valence-corrected chi connectivity index (χ3v) is 3.43. The third-order valence-electron chi connectivity index (χ3n) is 3.43. The average Bonchev–Trinajstić information content (AvgIpc) is 2.50. The van der Waals surface area contributed by atoms with Gasteiger partial charge < -0.3 is 5.11 Å². The molecule has 0 aromatic heterocycles. The fourth-order valence-electron chi connectivity index (χ4n) is 2.52. The molecule has 0 heterocycles. The molecule has 0 amide bonds. The fourth-order valence-corrected chi connectivity index (χ4v) is 2.52. The Hall–Kier alpha value is -2.87. The van der Waals surface area contributed by atoms with Gasteiger partial charge in [-0.2, -0.15) is 0 Å². The van der Waals surface area contributed by atoms with Crippen LogP contribution in [0, 0.1) is 0 Å². The molecule has 0 radical (unpaired) electrons. The molecule has 0 aliphatic rings. The lowest BCUT2D eigenvalue weighted by Crippen LogP contribution is -1.85. The molecule has 21 heavy (non-hydrogen) atoms. The molecule has 2 nitrogen and oxygen atoms in total. The van der Waals surface area contributed by atoms with E-state index in [0.717, 1.165) is 22.4 Å².